The summed E-state index contributed by atoms with van der Waals surface area (Å²) in [7, 11) is -3.67. The molecule has 0 atom stereocenters. The van der Waals surface area contributed by atoms with Gasteiger partial charge in [-0.05, 0) is 12.1 Å². The van der Waals surface area contributed by atoms with Crippen molar-refractivity contribution in [2.75, 3.05) is 6.26 Å². The zero-order valence-electron chi connectivity index (χ0n) is 7.38. The molecule has 1 aromatic carbocycles. The molecule has 0 unspecified atom stereocenters. The number of hydrogen-bond donors (Lipinski definition) is 2. The van der Waals surface area contributed by atoms with Crippen LogP contribution in [0.15, 0.2) is 24.3 Å². The molecule has 2 N–H and O–H groups in total. The van der Waals surface area contributed by atoms with Crippen molar-refractivity contribution in [1.29, 1.82) is 0 Å². The molecule has 0 aliphatic heterocycles. The number of rotatable bonds is 0. The van der Waals surface area contributed by atoms with E-state index in [1.54, 1.807) is 0 Å². The number of para-hydroxylation sites is 2. The molecule has 0 radical (unpaired) electrons. The molecule has 0 saturated carbocycles. The van der Waals surface area contributed by atoms with Gasteiger partial charge in [-0.3, -0.25) is 4.55 Å². The second kappa shape index (κ2) is 4.16. The summed E-state index contributed by atoms with van der Waals surface area (Å²) in [4.78, 5) is 0. The number of fused-ring (bicyclic) bond motifs is 1. The predicted molar refractivity (Wildman–Crippen MR) is 51.4 cm³/mol. The van der Waals surface area contributed by atoms with E-state index in [4.69, 9.17) is 4.55 Å². The van der Waals surface area contributed by atoms with Crippen molar-refractivity contribution >= 4 is 21.2 Å². The summed E-state index contributed by atoms with van der Waals surface area (Å²) in [6, 6.07) is 7.70. The summed E-state index contributed by atoms with van der Waals surface area (Å²) in [5.41, 5.74) is 1.83. The van der Waals surface area contributed by atoms with Crippen LogP contribution in [0.4, 0.5) is 0 Å². The largest absolute Gasteiger partial charge is 0.286 e. The minimum Gasteiger partial charge on any atom is -0.286 e. The van der Waals surface area contributed by atoms with Crippen molar-refractivity contribution < 1.29 is 13.0 Å². The average Bonchev–Trinajstić information content (AvgIpc) is 2.47. The van der Waals surface area contributed by atoms with E-state index in [1.807, 2.05) is 24.3 Å². The van der Waals surface area contributed by atoms with Gasteiger partial charge in [0, 0.05) is 0 Å². The molecule has 0 fully saturated rings. The molecule has 76 valence electrons. The SMILES string of the molecule is CS(=O)(=O)O.c1ccc2n[nH]nc2c1. The molecule has 1 aromatic heterocycles. The first-order valence-corrected chi connectivity index (χ1v) is 5.49. The lowest BCUT2D eigenvalue weighted by atomic mass is 10.3. The van der Waals surface area contributed by atoms with Crippen LogP contribution in [0, 0.1) is 0 Å². The van der Waals surface area contributed by atoms with Crippen LogP contribution >= 0.6 is 0 Å². The van der Waals surface area contributed by atoms with Crippen molar-refractivity contribution in [3.8, 4) is 0 Å². The van der Waals surface area contributed by atoms with Gasteiger partial charge in [0.2, 0.25) is 0 Å². The van der Waals surface area contributed by atoms with E-state index >= 15 is 0 Å². The molecule has 0 bridgehead atoms. The summed E-state index contributed by atoms with van der Waals surface area (Å²) in [6.07, 6.45) is 0.715. The molecule has 0 saturated heterocycles. The van der Waals surface area contributed by atoms with Crippen molar-refractivity contribution in [2.24, 2.45) is 0 Å². The highest BCUT2D eigenvalue weighted by Gasteiger charge is 1.90. The van der Waals surface area contributed by atoms with Gasteiger partial charge in [0.1, 0.15) is 11.0 Å². The van der Waals surface area contributed by atoms with E-state index in [1.165, 1.54) is 0 Å². The first-order chi connectivity index (χ1) is 6.47. The first-order valence-electron chi connectivity index (χ1n) is 3.65. The average molecular weight is 215 g/mol. The van der Waals surface area contributed by atoms with Crippen molar-refractivity contribution in [3.05, 3.63) is 24.3 Å². The summed E-state index contributed by atoms with van der Waals surface area (Å²) in [5, 5.41) is 10.3. The number of benzene rings is 1. The van der Waals surface area contributed by atoms with Crippen LogP contribution in [0.25, 0.3) is 11.0 Å². The van der Waals surface area contributed by atoms with Crippen molar-refractivity contribution in [1.82, 2.24) is 15.4 Å². The maximum absolute atomic E-state index is 9.19. The molecule has 0 aliphatic rings. The van der Waals surface area contributed by atoms with E-state index < -0.39 is 10.1 Å². The van der Waals surface area contributed by atoms with E-state index in [0.717, 1.165) is 11.0 Å². The minimum absolute atomic E-state index is 0.715. The number of nitrogens with one attached hydrogen (secondary N) is 1. The lowest BCUT2D eigenvalue weighted by Gasteiger charge is -1.78. The fourth-order valence-electron chi connectivity index (χ4n) is 0.786. The molecule has 0 spiro atoms. The molecule has 7 heteroatoms. The Kier molecular flexibility index (Phi) is 3.15. The number of hydrogen-bond acceptors (Lipinski definition) is 4. The summed E-state index contributed by atoms with van der Waals surface area (Å²) in [5.74, 6) is 0. The Morgan fingerprint density at radius 1 is 1.21 bits per heavy atom. The molecule has 14 heavy (non-hydrogen) atoms. The molecule has 2 aromatic rings. The number of aromatic nitrogens is 3. The van der Waals surface area contributed by atoms with Crippen LogP contribution in [0.3, 0.4) is 0 Å². The molecular formula is C7H9N3O3S. The van der Waals surface area contributed by atoms with E-state index in [2.05, 4.69) is 15.4 Å². The summed E-state index contributed by atoms with van der Waals surface area (Å²) < 4.78 is 25.9. The molecule has 0 aliphatic carbocycles. The lowest BCUT2D eigenvalue weighted by Crippen LogP contribution is -1.88. The maximum atomic E-state index is 9.19. The topological polar surface area (TPSA) is 95.9 Å². The third kappa shape index (κ3) is 3.97. The van der Waals surface area contributed by atoms with Crippen LogP contribution in [-0.4, -0.2) is 34.6 Å². The van der Waals surface area contributed by atoms with Gasteiger partial charge in [-0.15, -0.1) is 0 Å². The van der Waals surface area contributed by atoms with E-state index in [-0.39, 0.29) is 0 Å². The van der Waals surface area contributed by atoms with Gasteiger partial charge < -0.3 is 0 Å². The zero-order chi connectivity index (χ0) is 10.6. The highest BCUT2D eigenvalue weighted by Crippen LogP contribution is 2.03. The highest BCUT2D eigenvalue weighted by molar-refractivity contribution is 7.85. The molecule has 0 amide bonds. The maximum Gasteiger partial charge on any atom is 0.261 e. The quantitative estimate of drug-likeness (QED) is 0.622. The monoisotopic (exact) mass is 215 g/mol. The van der Waals surface area contributed by atoms with Gasteiger partial charge in [-0.1, -0.05) is 12.1 Å². The van der Waals surface area contributed by atoms with Gasteiger partial charge in [-0.25, -0.2) is 0 Å². The number of H-pyrrole nitrogens is 1. The third-order valence-electron chi connectivity index (χ3n) is 1.22. The van der Waals surface area contributed by atoms with Crippen molar-refractivity contribution in [3.63, 3.8) is 0 Å². The highest BCUT2D eigenvalue weighted by atomic mass is 32.2. The van der Waals surface area contributed by atoms with Crippen LogP contribution < -0.4 is 0 Å². The molecular weight excluding hydrogens is 206 g/mol. The number of aromatic amines is 1. The zero-order valence-corrected chi connectivity index (χ0v) is 8.19. The Morgan fingerprint density at radius 3 is 1.93 bits per heavy atom. The Hall–Kier alpha value is -1.47. The van der Waals surface area contributed by atoms with E-state index in [0.29, 0.717) is 6.26 Å². The van der Waals surface area contributed by atoms with Crippen LogP contribution in [-0.2, 0) is 10.1 Å². The Labute approximate surface area is 80.7 Å². The standard InChI is InChI=1S/C6H5N3.CH4O3S/c1-2-4-6-5(3-1)7-9-8-6;1-5(2,3)4/h1-4H,(H,7,8,9);1H3,(H,2,3,4). The van der Waals surface area contributed by atoms with Gasteiger partial charge in [0.25, 0.3) is 10.1 Å². The second-order valence-electron chi connectivity index (χ2n) is 2.55. The summed E-state index contributed by atoms with van der Waals surface area (Å²) in [6.45, 7) is 0. The minimum atomic E-state index is -3.67. The lowest BCUT2D eigenvalue weighted by molar-refractivity contribution is 0.490. The Bertz CT molecular complexity index is 467. The normalized spacial score (nSPS) is 10.7. The van der Waals surface area contributed by atoms with Crippen LogP contribution in [0.5, 0.6) is 0 Å². The van der Waals surface area contributed by atoms with Crippen LogP contribution in [0.1, 0.15) is 0 Å². The Balaban J connectivity index is 0.000000171. The summed E-state index contributed by atoms with van der Waals surface area (Å²) >= 11 is 0. The van der Waals surface area contributed by atoms with Gasteiger partial charge >= 0.3 is 0 Å². The fourth-order valence-corrected chi connectivity index (χ4v) is 0.786. The second-order valence-corrected chi connectivity index (χ2v) is 4.01. The van der Waals surface area contributed by atoms with Gasteiger partial charge in [0.05, 0.1) is 6.26 Å². The Morgan fingerprint density at radius 2 is 1.57 bits per heavy atom. The van der Waals surface area contributed by atoms with Gasteiger partial charge in [-0.2, -0.15) is 23.8 Å². The number of nitrogens with zero attached hydrogens (tertiary/aromatic N) is 2. The van der Waals surface area contributed by atoms with E-state index in [9.17, 15) is 8.42 Å². The van der Waals surface area contributed by atoms with Crippen LogP contribution in [0.2, 0.25) is 0 Å². The first kappa shape index (κ1) is 10.6. The smallest absolute Gasteiger partial charge is 0.261 e. The third-order valence-corrected chi connectivity index (χ3v) is 1.22. The molecule has 2 rings (SSSR count). The van der Waals surface area contributed by atoms with Crippen molar-refractivity contribution in [2.45, 2.75) is 0 Å². The predicted octanol–water partition coefficient (Wildman–Crippen LogP) is 0.462. The molecule has 1 heterocycles. The molecule has 6 nitrogen and oxygen atoms in total. The van der Waals surface area contributed by atoms with Gasteiger partial charge in [0.15, 0.2) is 0 Å². The fraction of sp³-hybridized carbons (Fsp3) is 0.143.